The Hall–Kier alpha value is -1.89. The lowest BCUT2D eigenvalue weighted by Crippen LogP contribution is -2.31. The molecule has 0 radical (unpaired) electrons. The number of carbonyl (C=O) groups is 1. The maximum absolute atomic E-state index is 11.2. The van der Waals surface area contributed by atoms with Gasteiger partial charge in [-0.2, -0.15) is 0 Å². The fourth-order valence-corrected chi connectivity index (χ4v) is 1.73. The van der Waals surface area contributed by atoms with E-state index in [0.717, 1.165) is 0 Å². The summed E-state index contributed by atoms with van der Waals surface area (Å²) < 4.78 is 0. The van der Waals surface area contributed by atoms with Crippen molar-refractivity contribution in [3.63, 3.8) is 0 Å². The van der Waals surface area contributed by atoms with E-state index < -0.39 is 12.0 Å². The molecule has 0 aliphatic carbocycles. The number of hydrogen-bond acceptors (Lipinski definition) is 5. The van der Waals surface area contributed by atoms with Crippen molar-refractivity contribution in [2.75, 3.05) is 5.32 Å². The van der Waals surface area contributed by atoms with E-state index in [-0.39, 0.29) is 18.3 Å². The van der Waals surface area contributed by atoms with Gasteiger partial charge in [0.15, 0.2) is 11.5 Å². The number of H-pyrrole nitrogens is 1. The molecule has 0 saturated heterocycles. The van der Waals surface area contributed by atoms with E-state index in [2.05, 4.69) is 25.3 Å². The molecular formula is C11H16ClN5O2. The van der Waals surface area contributed by atoms with E-state index in [1.54, 1.807) is 0 Å². The Morgan fingerprint density at radius 2 is 2.16 bits per heavy atom. The van der Waals surface area contributed by atoms with Crippen molar-refractivity contribution in [2.45, 2.75) is 26.3 Å². The molecule has 0 spiro atoms. The molecule has 0 aliphatic heterocycles. The van der Waals surface area contributed by atoms with Gasteiger partial charge in [0, 0.05) is 0 Å². The van der Waals surface area contributed by atoms with Crippen LogP contribution in [0.3, 0.4) is 0 Å². The highest BCUT2D eigenvalue weighted by atomic mass is 35.5. The van der Waals surface area contributed by atoms with Gasteiger partial charge in [0.25, 0.3) is 0 Å². The van der Waals surface area contributed by atoms with E-state index in [4.69, 9.17) is 0 Å². The zero-order valence-electron chi connectivity index (χ0n) is 10.6. The summed E-state index contributed by atoms with van der Waals surface area (Å²) in [6, 6.07) is -0.675. The third kappa shape index (κ3) is 3.54. The quantitative estimate of drug-likeness (QED) is 0.772. The van der Waals surface area contributed by atoms with Gasteiger partial charge in [-0.05, 0) is 12.3 Å². The molecule has 1 atom stereocenters. The van der Waals surface area contributed by atoms with Gasteiger partial charge in [-0.1, -0.05) is 13.8 Å². The van der Waals surface area contributed by atoms with Crippen LogP contribution in [0.2, 0.25) is 0 Å². The molecule has 19 heavy (non-hydrogen) atoms. The van der Waals surface area contributed by atoms with E-state index in [1.807, 2.05) is 13.8 Å². The number of imidazole rings is 1. The highest BCUT2D eigenvalue weighted by molar-refractivity contribution is 5.86. The number of carboxylic acids is 1. The molecule has 2 rings (SSSR count). The van der Waals surface area contributed by atoms with Crippen molar-refractivity contribution in [3.8, 4) is 0 Å². The lowest BCUT2D eigenvalue weighted by atomic mass is 10.0. The van der Waals surface area contributed by atoms with Crippen LogP contribution in [0.25, 0.3) is 11.2 Å². The Kier molecular flexibility index (Phi) is 5.05. The Bertz CT molecular complexity index is 557. The van der Waals surface area contributed by atoms with Crippen LogP contribution in [0.4, 0.5) is 5.82 Å². The molecule has 2 heterocycles. The number of anilines is 1. The van der Waals surface area contributed by atoms with Crippen LogP contribution in [0.1, 0.15) is 20.3 Å². The van der Waals surface area contributed by atoms with Crippen LogP contribution in [0, 0.1) is 5.92 Å². The largest absolute Gasteiger partial charge is 0.480 e. The number of aromatic nitrogens is 4. The average Bonchev–Trinajstić information content (AvgIpc) is 2.76. The molecule has 0 bridgehead atoms. The number of nitrogens with one attached hydrogen (secondary N) is 2. The maximum Gasteiger partial charge on any atom is 0.326 e. The van der Waals surface area contributed by atoms with Crippen LogP contribution in [0.5, 0.6) is 0 Å². The Balaban J connectivity index is 0.00000180. The summed E-state index contributed by atoms with van der Waals surface area (Å²) >= 11 is 0. The van der Waals surface area contributed by atoms with Crippen molar-refractivity contribution < 1.29 is 9.90 Å². The van der Waals surface area contributed by atoms with Gasteiger partial charge >= 0.3 is 5.97 Å². The van der Waals surface area contributed by atoms with Crippen LogP contribution in [-0.2, 0) is 4.79 Å². The number of aromatic amines is 1. The topological polar surface area (TPSA) is 104 Å². The molecule has 0 fully saturated rings. The zero-order valence-corrected chi connectivity index (χ0v) is 11.4. The van der Waals surface area contributed by atoms with Gasteiger partial charge in [0.2, 0.25) is 0 Å². The van der Waals surface area contributed by atoms with E-state index in [0.29, 0.717) is 23.4 Å². The molecule has 8 heteroatoms. The molecule has 2 aromatic rings. The number of fused-ring (bicyclic) bond motifs is 1. The highest BCUT2D eigenvalue weighted by Crippen LogP contribution is 2.17. The smallest absolute Gasteiger partial charge is 0.326 e. The second-order valence-corrected chi connectivity index (χ2v) is 4.49. The van der Waals surface area contributed by atoms with Crippen molar-refractivity contribution in [2.24, 2.45) is 5.92 Å². The predicted molar refractivity (Wildman–Crippen MR) is 73.4 cm³/mol. The maximum atomic E-state index is 11.2. The summed E-state index contributed by atoms with van der Waals surface area (Å²) in [5.74, 6) is -0.154. The second kappa shape index (κ2) is 6.33. The van der Waals surface area contributed by atoms with Gasteiger partial charge in [-0.3, -0.25) is 0 Å². The minimum Gasteiger partial charge on any atom is -0.480 e. The summed E-state index contributed by atoms with van der Waals surface area (Å²) in [6.45, 7) is 3.95. The molecule has 2 aromatic heterocycles. The third-order valence-electron chi connectivity index (χ3n) is 2.54. The molecule has 7 nitrogen and oxygen atoms in total. The van der Waals surface area contributed by atoms with Gasteiger partial charge in [-0.15, -0.1) is 12.4 Å². The fraction of sp³-hybridized carbons (Fsp3) is 0.455. The number of aliphatic carboxylic acids is 1. The first-order valence-corrected chi connectivity index (χ1v) is 5.71. The second-order valence-electron chi connectivity index (χ2n) is 4.49. The summed E-state index contributed by atoms with van der Waals surface area (Å²) in [4.78, 5) is 26.1. The van der Waals surface area contributed by atoms with Gasteiger partial charge < -0.3 is 15.4 Å². The highest BCUT2D eigenvalue weighted by Gasteiger charge is 2.20. The molecule has 104 valence electrons. The van der Waals surface area contributed by atoms with Crippen molar-refractivity contribution in [1.82, 2.24) is 19.9 Å². The Morgan fingerprint density at radius 3 is 2.79 bits per heavy atom. The van der Waals surface area contributed by atoms with Crippen LogP contribution in [0.15, 0.2) is 12.7 Å². The van der Waals surface area contributed by atoms with Crippen molar-refractivity contribution in [1.29, 1.82) is 0 Å². The molecular weight excluding hydrogens is 270 g/mol. The number of carboxylic acid groups (broad SMARTS) is 1. The predicted octanol–water partition coefficient (Wildman–Crippen LogP) is 1.69. The monoisotopic (exact) mass is 285 g/mol. The van der Waals surface area contributed by atoms with Gasteiger partial charge in [0.1, 0.15) is 17.9 Å². The van der Waals surface area contributed by atoms with E-state index in [1.165, 1.54) is 12.7 Å². The fourth-order valence-electron chi connectivity index (χ4n) is 1.73. The Morgan fingerprint density at radius 1 is 1.42 bits per heavy atom. The SMILES string of the molecule is CC(C)C[C@@H](Nc1ncnc2nc[nH]c12)C(=O)O.Cl. The van der Waals surface area contributed by atoms with Crippen molar-refractivity contribution in [3.05, 3.63) is 12.7 Å². The number of halogens is 1. The van der Waals surface area contributed by atoms with Crippen LogP contribution < -0.4 is 5.32 Å². The standard InChI is InChI=1S/C11H15N5O2.ClH/c1-6(2)3-7(11(17)18)16-10-8-9(13-4-12-8)14-5-15-10;/h4-7H,3H2,1-2H3,(H,17,18)(H2,12,13,14,15,16);1H/t7-;/m1./s1. The summed E-state index contributed by atoms with van der Waals surface area (Å²) in [5.41, 5.74) is 1.13. The lowest BCUT2D eigenvalue weighted by molar-refractivity contribution is -0.138. The third-order valence-corrected chi connectivity index (χ3v) is 2.54. The first-order valence-electron chi connectivity index (χ1n) is 5.71. The average molecular weight is 286 g/mol. The molecule has 0 amide bonds. The molecule has 0 aliphatic rings. The number of rotatable bonds is 5. The lowest BCUT2D eigenvalue weighted by Gasteiger charge is -2.16. The minimum atomic E-state index is -0.894. The van der Waals surface area contributed by atoms with Crippen LogP contribution >= 0.6 is 12.4 Å². The van der Waals surface area contributed by atoms with Crippen molar-refractivity contribution >= 4 is 35.4 Å². The molecule has 0 aromatic carbocycles. The normalized spacial score (nSPS) is 12.2. The van der Waals surface area contributed by atoms with Gasteiger partial charge in [0.05, 0.1) is 6.33 Å². The van der Waals surface area contributed by atoms with E-state index in [9.17, 15) is 9.90 Å². The first-order chi connectivity index (χ1) is 8.58. The molecule has 0 saturated carbocycles. The van der Waals surface area contributed by atoms with Gasteiger partial charge in [-0.25, -0.2) is 19.7 Å². The molecule has 3 N–H and O–H groups in total. The summed E-state index contributed by atoms with van der Waals surface area (Å²) in [6.07, 6.45) is 3.39. The minimum absolute atomic E-state index is 0. The zero-order chi connectivity index (χ0) is 13.1. The number of hydrogen-bond donors (Lipinski definition) is 3. The van der Waals surface area contributed by atoms with E-state index >= 15 is 0 Å². The summed E-state index contributed by atoms with van der Waals surface area (Å²) in [5, 5.41) is 12.1. The molecule has 0 unspecified atom stereocenters. The first kappa shape index (κ1) is 15.2. The van der Waals surface area contributed by atoms with Crippen LogP contribution in [-0.4, -0.2) is 37.1 Å². The Labute approximate surface area is 116 Å². The number of nitrogens with zero attached hydrogens (tertiary/aromatic N) is 3. The summed E-state index contributed by atoms with van der Waals surface area (Å²) in [7, 11) is 0.